The molecule has 1 atom stereocenters. The Balaban J connectivity index is 1.78. The lowest BCUT2D eigenvalue weighted by Crippen LogP contribution is -2.14. The van der Waals surface area contributed by atoms with E-state index in [0.717, 1.165) is 10.4 Å². The van der Waals surface area contributed by atoms with Gasteiger partial charge in [-0.3, -0.25) is 4.79 Å². The molecule has 0 bridgehead atoms. The predicted octanol–water partition coefficient (Wildman–Crippen LogP) is 4.43. The minimum Gasteiger partial charge on any atom is -0.449 e. The third-order valence-electron chi connectivity index (χ3n) is 4.04. The summed E-state index contributed by atoms with van der Waals surface area (Å²) in [5.74, 6) is -0.941. The molecule has 146 valence electrons. The Kier molecular flexibility index (Phi) is 5.55. The molecule has 0 radical (unpaired) electrons. The molecule has 0 aliphatic carbocycles. The van der Waals surface area contributed by atoms with Gasteiger partial charge >= 0.3 is 5.97 Å². The maximum Gasteiger partial charge on any atom is 0.342 e. The Bertz CT molecular complexity index is 1030. The molecule has 1 amide bonds. The molecule has 0 saturated carbocycles. The number of carbonyl (C=O) groups is 2. The number of carbonyl (C=O) groups excluding carboxylic acids is 2. The largest absolute Gasteiger partial charge is 0.449 e. The van der Waals surface area contributed by atoms with Crippen LogP contribution >= 0.6 is 11.3 Å². The molecule has 2 heterocycles. The first-order valence-corrected chi connectivity index (χ1v) is 9.25. The summed E-state index contributed by atoms with van der Waals surface area (Å²) in [5.41, 5.74) is 1.60. The number of nitrogens with one attached hydrogen (secondary N) is 1. The van der Waals surface area contributed by atoms with Crippen molar-refractivity contribution in [2.75, 3.05) is 5.32 Å². The Morgan fingerprint density at radius 1 is 1.21 bits per heavy atom. The van der Waals surface area contributed by atoms with Gasteiger partial charge in [0.05, 0.1) is 5.56 Å². The fourth-order valence-corrected chi connectivity index (χ4v) is 3.59. The number of esters is 1. The van der Waals surface area contributed by atoms with E-state index in [4.69, 9.17) is 9.15 Å². The molecule has 7 nitrogen and oxygen atoms in total. The number of amides is 1. The van der Waals surface area contributed by atoms with E-state index < -0.39 is 12.1 Å². The van der Waals surface area contributed by atoms with E-state index in [1.807, 2.05) is 6.92 Å². The lowest BCUT2D eigenvalue weighted by atomic mass is 10.1. The lowest BCUT2D eigenvalue weighted by molar-refractivity contribution is -0.114. The van der Waals surface area contributed by atoms with Crippen molar-refractivity contribution in [3.05, 3.63) is 52.0 Å². The summed E-state index contributed by atoms with van der Waals surface area (Å²) < 4.78 is 24.1. The molecule has 1 aromatic carbocycles. The SMILES string of the molecule is CC(=O)Nc1sc(C)c(C)c1C(=O)O[C@@H](C)c1nnc(-c2ccc(F)cc2)o1. The second kappa shape index (κ2) is 7.89. The molecule has 2 aromatic heterocycles. The van der Waals surface area contributed by atoms with Crippen LogP contribution in [-0.2, 0) is 9.53 Å². The first kappa shape index (κ1) is 19.7. The van der Waals surface area contributed by atoms with E-state index in [2.05, 4.69) is 15.5 Å². The van der Waals surface area contributed by atoms with Gasteiger partial charge in [0.1, 0.15) is 10.8 Å². The molecule has 1 N–H and O–H groups in total. The molecule has 0 unspecified atom stereocenters. The Morgan fingerprint density at radius 3 is 2.54 bits per heavy atom. The van der Waals surface area contributed by atoms with Crippen LogP contribution in [0.3, 0.4) is 0 Å². The first-order chi connectivity index (χ1) is 13.3. The molecular weight excluding hydrogens is 385 g/mol. The van der Waals surface area contributed by atoms with Crippen LogP contribution in [0.1, 0.15) is 46.6 Å². The number of ether oxygens (including phenoxy) is 1. The van der Waals surface area contributed by atoms with Gasteiger partial charge in [0.25, 0.3) is 5.89 Å². The van der Waals surface area contributed by atoms with Crippen molar-refractivity contribution in [3.63, 3.8) is 0 Å². The van der Waals surface area contributed by atoms with Gasteiger partial charge in [-0.1, -0.05) is 0 Å². The van der Waals surface area contributed by atoms with Crippen LogP contribution in [-0.4, -0.2) is 22.1 Å². The molecule has 3 aromatic rings. The number of anilines is 1. The van der Waals surface area contributed by atoms with Crippen molar-refractivity contribution in [1.29, 1.82) is 0 Å². The summed E-state index contributed by atoms with van der Waals surface area (Å²) in [4.78, 5) is 25.0. The predicted molar refractivity (Wildman–Crippen MR) is 102 cm³/mol. The summed E-state index contributed by atoms with van der Waals surface area (Å²) in [5, 5.41) is 10.9. The van der Waals surface area contributed by atoms with Gasteiger partial charge in [-0.25, -0.2) is 9.18 Å². The fraction of sp³-hybridized carbons (Fsp3) is 0.263. The smallest absolute Gasteiger partial charge is 0.342 e. The zero-order valence-electron chi connectivity index (χ0n) is 15.7. The number of rotatable bonds is 5. The molecule has 0 aliphatic rings. The van der Waals surface area contributed by atoms with Crippen molar-refractivity contribution in [3.8, 4) is 11.5 Å². The molecule has 0 fully saturated rings. The summed E-state index contributed by atoms with van der Waals surface area (Å²) in [6.07, 6.45) is -0.806. The molecule has 28 heavy (non-hydrogen) atoms. The molecule has 0 aliphatic heterocycles. The number of aromatic nitrogens is 2. The van der Waals surface area contributed by atoms with Crippen molar-refractivity contribution >= 4 is 28.2 Å². The van der Waals surface area contributed by atoms with E-state index in [9.17, 15) is 14.0 Å². The van der Waals surface area contributed by atoms with Crippen LogP contribution in [0.15, 0.2) is 28.7 Å². The third kappa shape index (κ3) is 4.09. The number of hydrogen-bond acceptors (Lipinski definition) is 7. The van der Waals surface area contributed by atoms with E-state index in [1.165, 1.54) is 42.5 Å². The highest BCUT2D eigenvalue weighted by Crippen LogP contribution is 2.34. The quantitative estimate of drug-likeness (QED) is 0.633. The molecule has 3 rings (SSSR count). The second-order valence-electron chi connectivity index (χ2n) is 6.17. The van der Waals surface area contributed by atoms with E-state index in [0.29, 0.717) is 16.1 Å². The maximum atomic E-state index is 13.0. The van der Waals surface area contributed by atoms with Crippen LogP contribution in [0.5, 0.6) is 0 Å². The van der Waals surface area contributed by atoms with Crippen LogP contribution in [0.2, 0.25) is 0 Å². The van der Waals surface area contributed by atoms with Crippen molar-refractivity contribution < 1.29 is 23.1 Å². The second-order valence-corrected chi connectivity index (χ2v) is 7.39. The van der Waals surface area contributed by atoms with Crippen molar-refractivity contribution in [2.24, 2.45) is 0 Å². The molecule has 0 saturated heterocycles. The van der Waals surface area contributed by atoms with Crippen LogP contribution in [0, 0.1) is 19.7 Å². The van der Waals surface area contributed by atoms with Crippen LogP contribution in [0.25, 0.3) is 11.5 Å². The van der Waals surface area contributed by atoms with Crippen LogP contribution in [0.4, 0.5) is 9.39 Å². The van der Waals surface area contributed by atoms with Gasteiger partial charge in [-0.15, -0.1) is 21.5 Å². The van der Waals surface area contributed by atoms with Gasteiger partial charge in [0.2, 0.25) is 11.8 Å². The maximum absolute atomic E-state index is 13.0. The van der Waals surface area contributed by atoms with Crippen LogP contribution < -0.4 is 5.32 Å². The highest BCUT2D eigenvalue weighted by atomic mass is 32.1. The summed E-state index contributed by atoms with van der Waals surface area (Å²) >= 11 is 1.31. The Hall–Kier alpha value is -3.07. The standard InChI is InChI=1S/C19H18FN3O4S/c1-9-11(3)28-18(21-12(4)24)15(9)19(25)26-10(2)16-22-23-17(27-16)13-5-7-14(20)8-6-13/h5-8,10H,1-4H3,(H,21,24)/t10-/m0/s1. The third-order valence-corrected chi connectivity index (χ3v) is 5.17. The zero-order chi connectivity index (χ0) is 20.4. The highest BCUT2D eigenvalue weighted by molar-refractivity contribution is 7.16. The van der Waals surface area contributed by atoms with E-state index in [-0.39, 0.29) is 23.5 Å². The minimum atomic E-state index is -0.806. The number of thiophene rings is 1. The molecular formula is C19H18FN3O4S. The van der Waals surface area contributed by atoms with Gasteiger partial charge in [0, 0.05) is 17.4 Å². The van der Waals surface area contributed by atoms with E-state index in [1.54, 1.807) is 13.8 Å². The minimum absolute atomic E-state index is 0.110. The monoisotopic (exact) mass is 403 g/mol. The van der Waals surface area contributed by atoms with Crippen molar-refractivity contribution in [2.45, 2.75) is 33.8 Å². The summed E-state index contributed by atoms with van der Waals surface area (Å²) in [6, 6.07) is 5.60. The number of aryl methyl sites for hydroxylation is 1. The number of halogens is 1. The highest BCUT2D eigenvalue weighted by Gasteiger charge is 2.25. The number of hydrogen-bond donors (Lipinski definition) is 1. The van der Waals surface area contributed by atoms with Crippen molar-refractivity contribution in [1.82, 2.24) is 10.2 Å². The number of benzene rings is 1. The van der Waals surface area contributed by atoms with Gasteiger partial charge in [-0.05, 0) is 50.6 Å². The average Bonchev–Trinajstić information content (AvgIpc) is 3.21. The topological polar surface area (TPSA) is 94.3 Å². The fourth-order valence-electron chi connectivity index (χ4n) is 2.50. The summed E-state index contributed by atoms with van der Waals surface area (Å²) in [7, 11) is 0. The van der Waals surface area contributed by atoms with Gasteiger partial charge in [-0.2, -0.15) is 0 Å². The van der Waals surface area contributed by atoms with Gasteiger partial charge in [0.15, 0.2) is 6.10 Å². The normalized spacial score (nSPS) is 11.9. The van der Waals surface area contributed by atoms with E-state index >= 15 is 0 Å². The number of nitrogens with zero attached hydrogens (tertiary/aromatic N) is 2. The zero-order valence-corrected chi connectivity index (χ0v) is 16.5. The average molecular weight is 403 g/mol. The first-order valence-electron chi connectivity index (χ1n) is 8.44. The lowest BCUT2D eigenvalue weighted by Gasteiger charge is -2.11. The van der Waals surface area contributed by atoms with Gasteiger partial charge < -0.3 is 14.5 Å². The summed E-state index contributed by atoms with van der Waals surface area (Å²) in [6.45, 7) is 6.63. The molecule has 0 spiro atoms. The Labute approximate surface area is 164 Å². The molecule has 9 heteroatoms. The Morgan fingerprint density at radius 2 is 1.89 bits per heavy atom.